The molecule has 0 aromatic rings. The standard InChI is InChI=1S/C18H21NO3.C10H18N2O3.Y/c1-3-5-6-8-16(20)9-7-12-19-18(22)15-11-10-14(13-15)17(21)4-2;1-8(13)12-7-3-4-9(14)5-6-10(15)11-2;/h5-6,10-11H,4,7,9,12-13H2,1-2H3,(H,19,22);3-7H2,1-2H3,(H,11,15)(H,12,13);/q-2;;. The Balaban J connectivity index is 0. The molecule has 0 bridgehead atoms. The van der Waals surface area contributed by atoms with E-state index in [1.807, 2.05) is 0 Å². The van der Waals surface area contributed by atoms with Crippen LogP contribution in [-0.4, -0.2) is 55.2 Å². The van der Waals surface area contributed by atoms with Gasteiger partial charge in [0.25, 0.3) is 0 Å². The zero-order valence-electron chi connectivity index (χ0n) is 22.9. The molecule has 38 heavy (non-hydrogen) atoms. The fourth-order valence-electron chi connectivity index (χ4n) is 3.01. The number of hydrogen-bond acceptors (Lipinski definition) is 6. The van der Waals surface area contributed by atoms with Crippen LogP contribution in [-0.2, 0) is 61.5 Å². The minimum atomic E-state index is -0.175. The maximum absolute atomic E-state index is 11.9. The van der Waals surface area contributed by atoms with E-state index >= 15 is 0 Å². The van der Waals surface area contributed by atoms with Gasteiger partial charge in [-0.1, -0.05) is 19.1 Å². The van der Waals surface area contributed by atoms with E-state index in [0.717, 1.165) is 0 Å². The van der Waals surface area contributed by atoms with Crippen molar-refractivity contribution in [3.63, 3.8) is 0 Å². The number of rotatable bonds is 16. The average molecular weight is 603 g/mol. The fourth-order valence-corrected chi connectivity index (χ4v) is 3.01. The van der Waals surface area contributed by atoms with E-state index in [4.69, 9.17) is 0 Å². The van der Waals surface area contributed by atoms with Crippen LogP contribution in [0.2, 0.25) is 0 Å². The van der Waals surface area contributed by atoms with Crippen LogP contribution in [0.25, 0.3) is 0 Å². The van der Waals surface area contributed by atoms with E-state index in [1.54, 1.807) is 39.1 Å². The summed E-state index contributed by atoms with van der Waals surface area (Å²) in [6.45, 7) is 5.92. The topological polar surface area (TPSA) is 139 Å². The van der Waals surface area contributed by atoms with Crippen molar-refractivity contribution in [2.24, 2.45) is 0 Å². The number of ketones is 3. The Hall–Kier alpha value is -2.52. The molecule has 0 unspecified atom stereocenters. The monoisotopic (exact) mass is 602 g/mol. The quantitative estimate of drug-likeness (QED) is 0.107. The Labute approximate surface area is 251 Å². The van der Waals surface area contributed by atoms with Gasteiger partial charge >= 0.3 is 0 Å². The van der Waals surface area contributed by atoms with Crippen LogP contribution < -0.4 is 16.0 Å². The van der Waals surface area contributed by atoms with Gasteiger partial charge in [0.15, 0.2) is 5.78 Å². The van der Waals surface area contributed by atoms with Gasteiger partial charge in [0.1, 0.15) is 5.78 Å². The van der Waals surface area contributed by atoms with E-state index in [1.165, 1.54) is 13.0 Å². The molecule has 0 heterocycles. The molecule has 0 saturated heterocycles. The summed E-state index contributed by atoms with van der Waals surface area (Å²) in [6.07, 6.45) is 15.2. The molecule has 3 amide bonds. The third kappa shape index (κ3) is 19.6. The van der Waals surface area contributed by atoms with E-state index < -0.39 is 0 Å². The van der Waals surface area contributed by atoms with Crippen molar-refractivity contribution in [2.75, 3.05) is 20.1 Å². The number of allylic oxidation sites excluding steroid dienone is 7. The molecule has 1 rings (SSSR count). The SMILES string of the molecule is CNC(=O)CCC(=O)CCCNC(C)=O.C[C-]=CC=[C-]C(=O)CCCNC(=O)C1=CC=C(C(=O)CC)C1.[Y]. The number of carbonyl (C=O) groups excluding carboxylic acids is 6. The van der Waals surface area contributed by atoms with Crippen molar-refractivity contribution >= 4 is 35.1 Å². The van der Waals surface area contributed by atoms with Gasteiger partial charge in [-0.3, -0.25) is 24.0 Å². The second-order valence-electron chi connectivity index (χ2n) is 8.18. The molecular formula is C28H39N3O6Y-2. The predicted octanol–water partition coefficient (Wildman–Crippen LogP) is 2.42. The summed E-state index contributed by atoms with van der Waals surface area (Å²) in [5, 5.41) is 7.82. The first-order chi connectivity index (χ1) is 17.6. The molecule has 0 spiro atoms. The molecule has 9 nitrogen and oxygen atoms in total. The van der Waals surface area contributed by atoms with Crippen LogP contribution in [0.15, 0.2) is 35.5 Å². The molecule has 10 heteroatoms. The van der Waals surface area contributed by atoms with Crippen molar-refractivity contribution in [3.05, 3.63) is 47.6 Å². The van der Waals surface area contributed by atoms with E-state index in [-0.39, 0.29) is 80.6 Å². The van der Waals surface area contributed by atoms with Crippen LogP contribution in [0.4, 0.5) is 0 Å². The number of Topliss-reactive ketones (excluding diaryl/α,β-unsaturated/α-hetero) is 3. The normalized spacial score (nSPS) is 12.0. The van der Waals surface area contributed by atoms with E-state index in [2.05, 4.69) is 28.1 Å². The molecule has 207 valence electrons. The smallest absolute Gasteiger partial charge is 0.247 e. The minimum Gasteiger partial charge on any atom is -0.390 e. The first kappa shape index (κ1) is 37.6. The molecule has 1 aliphatic rings. The van der Waals surface area contributed by atoms with Crippen molar-refractivity contribution in [1.82, 2.24) is 16.0 Å². The van der Waals surface area contributed by atoms with Gasteiger partial charge in [-0.25, -0.2) is 0 Å². The van der Waals surface area contributed by atoms with Crippen molar-refractivity contribution in [1.29, 1.82) is 0 Å². The molecular weight excluding hydrogens is 563 g/mol. The first-order valence-corrected chi connectivity index (χ1v) is 12.4. The maximum atomic E-state index is 11.9. The Morgan fingerprint density at radius 2 is 1.53 bits per heavy atom. The van der Waals surface area contributed by atoms with Crippen LogP contribution in [0.5, 0.6) is 0 Å². The molecule has 0 aliphatic heterocycles. The molecule has 0 aromatic heterocycles. The Bertz CT molecular complexity index is 935. The summed E-state index contributed by atoms with van der Waals surface area (Å²) < 4.78 is 0. The number of hydrogen-bond donors (Lipinski definition) is 3. The predicted molar refractivity (Wildman–Crippen MR) is 141 cm³/mol. The van der Waals surface area contributed by atoms with Crippen LogP contribution in [0.1, 0.15) is 72.1 Å². The second-order valence-corrected chi connectivity index (χ2v) is 8.18. The fraction of sp³-hybridized carbons (Fsp3) is 0.500. The van der Waals surface area contributed by atoms with Gasteiger partial charge in [0.2, 0.25) is 17.7 Å². The number of amides is 3. The van der Waals surface area contributed by atoms with Crippen LogP contribution in [0.3, 0.4) is 0 Å². The molecule has 1 radical (unpaired) electrons. The summed E-state index contributed by atoms with van der Waals surface area (Å²) in [5.74, 6) is -0.351. The zero-order chi connectivity index (χ0) is 28.1. The molecule has 3 N–H and O–H groups in total. The van der Waals surface area contributed by atoms with Gasteiger partial charge in [0.05, 0.1) is 0 Å². The van der Waals surface area contributed by atoms with Gasteiger partial charge in [0, 0.05) is 103 Å². The largest absolute Gasteiger partial charge is 0.390 e. The van der Waals surface area contributed by atoms with Crippen LogP contribution >= 0.6 is 0 Å². The van der Waals surface area contributed by atoms with Gasteiger partial charge in [-0.05, 0) is 24.8 Å². The summed E-state index contributed by atoms with van der Waals surface area (Å²) in [5.41, 5.74) is 1.28. The molecule has 0 atom stereocenters. The third-order valence-corrected chi connectivity index (χ3v) is 5.11. The Morgan fingerprint density at radius 3 is 2.13 bits per heavy atom. The summed E-state index contributed by atoms with van der Waals surface area (Å²) in [6, 6.07) is 0. The minimum absolute atomic E-state index is 0. The van der Waals surface area contributed by atoms with Crippen molar-refractivity contribution in [3.8, 4) is 0 Å². The molecule has 0 saturated carbocycles. The Kier molecular flexibility index (Phi) is 23.4. The van der Waals surface area contributed by atoms with Crippen molar-refractivity contribution < 1.29 is 61.5 Å². The number of nitrogens with one attached hydrogen (secondary N) is 3. The Morgan fingerprint density at radius 1 is 0.895 bits per heavy atom. The van der Waals surface area contributed by atoms with E-state index in [0.29, 0.717) is 62.8 Å². The second kappa shape index (κ2) is 23.6. The molecule has 1 aliphatic carbocycles. The molecule has 0 fully saturated rings. The van der Waals surface area contributed by atoms with Crippen LogP contribution in [0, 0.1) is 12.2 Å². The number of carbonyl (C=O) groups is 6. The summed E-state index contributed by atoms with van der Waals surface area (Å²) in [4.78, 5) is 67.4. The average Bonchev–Trinajstić information content (AvgIpc) is 3.38. The third-order valence-electron chi connectivity index (χ3n) is 5.11. The van der Waals surface area contributed by atoms with Gasteiger partial charge in [-0.2, -0.15) is 0 Å². The van der Waals surface area contributed by atoms with Crippen molar-refractivity contribution in [2.45, 2.75) is 72.1 Å². The summed E-state index contributed by atoms with van der Waals surface area (Å²) in [7, 11) is 1.55. The zero-order valence-corrected chi connectivity index (χ0v) is 25.7. The van der Waals surface area contributed by atoms with Gasteiger partial charge in [-0.15, -0.1) is 6.92 Å². The first-order valence-electron chi connectivity index (χ1n) is 12.4. The summed E-state index contributed by atoms with van der Waals surface area (Å²) >= 11 is 0. The molecule has 0 aromatic carbocycles. The van der Waals surface area contributed by atoms with E-state index in [9.17, 15) is 28.8 Å². The maximum Gasteiger partial charge on any atom is 0.247 e. The van der Waals surface area contributed by atoms with Gasteiger partial charge < -0.3 is 45.0 Å².